The van der Waals surface area contributed by atoms with Crippen LogP contribution in [0.15, 0.2) is 55.2 Å². The number of hydrogen-bond donors (Lipinski definition) is 2. The first-order chi connectivity index (χ1) is 17.9. The van der Waals surface area contributed by atoms with Gasteiger partial charge in [-0.25, -0.2) is 19.9 Å². The number of carbonyl (C=O) groups is 2. The summed E-state index contributed by atoms with van der Waals surface area (Å²) in [5, 5.41) is 6.51. The van der Waals surface area contributed by atoms with E-state index in [1.54, 1.807) is 35.1 Å². The quantitative estimate of drug-likeness (QED) is 0.296. The third-order valence-corrected chi connectivity index (χ3v) is 6.48. The van der Waals surface area contributed by atoms with E-state index < -0.39 is 0 Å². The fourth-order valence-electron chi connectivity index (χ4n) is 4.24. The molecule has 2 N–H and O–H groups in total. The second kappa shape index (κ2) is 9.29. The van der Waals surface area contributed by atoms with Gasteiger partial charge in [0.05, 0.1) is 36.2 Å². The molecule has 0 bridgehead atoms. The molecule has 0 unspecified atom stereocenters. The molecule has 1 fully saturated rings. The van der Waals surface area contributed by atoms with Crippen LogP contribution in [0.5, 0.6) is 0 Å². The highest BCUT2D eigenvalue weighted by molar-refractivity contribution is 6.30. The van der Waals surface area contributed by atoms with Crippen molar-refractivity contribution in [3.05, 3.63) is 83.0 Å². The standard InChI is InChI=1S/C26H23ClN8O2/c1-15(36)26-32-22(28-11-19-13-35-12-17(16-2-3-16)4-5-24(35)30-19)10-23(33-26)31-25(37)9-20-21-8-18(27)6-7-34(21)14-29-20/h4-8,10,12-14,16H,2-3,9,11H2,1H3,(H2,28,31,32,33,37). The third kappa shape index (κ3) is 5.01. The topological polar surface area (TPSA) is 119 Å². The van der Waals surface area contributed by atoms with Gasteiger partial charge in [-0.15, -0.1) is 0 Å². The lowest BCUT2D eigenvalue weighted by molar-refractivity contribution is -0.115. The molecule has 1 aliphatic rings. The predicted octanol–water partition coefficient (Wildman–Crippen LogP) is 4.30. The number of fused-ring (bicyclic) bond motifs is 2. The van der Waals surface area contributed by atoms with Crippen molar-refractivity contribution in [2.45, 2.75) is 38.6 Å². The van der Waals surface area contributed by atoms with Crippen molar-refractivity contribution >= 4 is 46.1 Å². The summed E-state index contributed by atoms with van der Waals surface area (Å²) in [5.74, 6) is 0.659. The molecular weight excluding hydrogens is 492 g/mol. The highest BCUT2D eigenvalue weighted by atomic mass is 35.5. The smallest absolute Gasteiger partial charge is 0.231 e. The maximum absolute atomic E-state index is 12.8. The third-order valence-electron chi connectivity index (χ3n) is 6.24. The van der Waals surface area contributed by atoms with Gasteiger partial charge in [-0.2, -0.15) is 0 Å². The molecule has 10 nitrogen and oxygen atoms in total. The van der Waals surface area contributed by atoms with Gasteiger partial charge in [0.1, 0.15) is 17.3 Å². The average Bonchev–Trinajstić information content (AvgIpc) is 3.54. The maximum atomic E-state index is 12.8. The SMILES string of the molecule is CC(=O)c1nc(NCc2cn3cc(C4CC4)ccc3n2)cc(NC(=O)Cc2ncn3ccc(Cl)cc23)n1. The van der Waals surface area contributed by atoms with Gasteiger partial charge in [0, 0.05) is 36.6 Å². The Bertz CT molecular complexity index is 1670. The summed E-state index contributed by atoms with van der Waals surface area (Å²) in [6, 6.07) is 9.26. The molecule has 0 saturated heterocycles. The van der Waals surface area contributed by atoms with Gasteiger partial charge < -0.3 is 19.4 Å². The van der Waals surface area contributed by atoms with Crippen LogP contribution in [0.1, 0.15) is 53.3 Å². The number of nitrogens with zero attached hydrogens (tertiary/aromatic N) is 6. The molecule has 5 aromatic rings. The summed E-state index contributed by atoms with van der Waals surface area (Å²) in [6.07, 6.45) is 10.0. The molecule has 1 amide bonds. The Labute approximate surface area is 216 Å². The largest absolute Gasteiger partial charge is 0.364 e. The average molecular weight is 515 g/mol. The van der Waals surface area contributed by atoms with Gasteiger partial charge in [0.25, 0.3) is 0 Å². The highest BCUT2D eigenvalue weighted by Crippen LogP contribution is 2.39. The van der Waals surface area contributed by atoms with Gasteiger partial charge in [-0.1, -0.05) is 17.7 Å². The van der Waals surface area contributed by atoms with E-state index in [2.05, 4.69) is 42.8 Å². The molecule has 5 aromatic heterocycles. The number of amides is 1. The van der Waals surface area contributed by atoms with E-state index in [0.29, 0.717) is 29.0 Å². The van der Waals surface area contributed by atoms with Gasteiger partial charge >= 0.3 is 0 Å². The first-order valence-electron chi connectivity index (χ1n) is 11.9. The van der Waals surface area contributed by atoms with Crippen LogP contribution in [0.2, 0.25) is 5.02 Å². The number of nitrogens with one attached hydrogen (secondary N) is 2. The fraction of sp³-hybridized carbons (Fsp3) is 0.231. The number of Topliss-reactive ketones (excluding diaryl/α,β-unsaturated/α-hetero) is 1. The number of halogens is 1. The number of pyridine rings is 2. The first-order valence-corrected chi connectivity index (χ1v) is 12.3. The number of ketones is 1. The number of carbonyl (C=O) groups excluding carboxylic acids is 2. The molecule has 1 aliphatic carbocycles. The summed E-state index contributed by atoms with van der Waals surface area (Å²) < 4.78 is 3.82. The minimum absolute atomic E-state index is 0.00333. The van der Waals surface area contributed by atoms with Gasteiger partial charge in [0.15, 0.2) is 11.6 Å². The van der Waals surface area contributed by atoms with Crippen molar-refractivity contribution in [2.75, 3.05) is 10.6 Å². The molecule has 0 atom stereocenters. The number of aromatic nitrogens is 6. The molecule has 37 heavy (non-hydrogen) atoms. The van der Waals surface area contributed by atoms with E-state index >= 15 is 0 Å². The predicted molar refractivity (Wildman–Crippen MR) is 139 cm³/mol. The Hall–Kier alpha value is -4.31. The minimum Gasteiger partial charge on any atom is -0.364 e. The molecule has 0 aromatic carbocycles. The van der Waals surface area contributed by atoms with Crippen molar-refractivity contribution in [1.82, 2.24) is 28.7 Å². The molecule has 0 spiro atoms. The van der Waals surface area contributed by atoms with Crippen molar-refractivity contribution in [3.8, 4) is 0 Å². The molecule has 5 heterocycles. The number of rotatable bonds is 8. The Morgan fingerprint density at radius 3 is 2.70 bits per heavy atom. The Morgan fingerprint density at radius 1 is 1.05 bits per heavy atom. The lowest BCUT2D eigenvalue weighted by Gasteiger charge is -2.09. The lowest BCUT2D eigenvalue weighted by Crippen LogP contribution is -2.18. The van der Waals surface area contributed by atoms with Crippen LogP contribution in [-0.2, 0) is 17.8 Å². The zero-order valence-electron chi connectivity index (χ0n) is 20.0. The maximum Gasteiger partial charge on any atom is 0.231 e. The minimum atomic E-state index is -0.327. The van der Waals surface area contributed by atoms with E-state index in [1.807, 2.05) is 16.7 Å². The summed E-state index contributed by atoms with van der Waals surface area (Å²) in [7, 11) is 0. The number of imidazole rings is 2. The van der Waals surface area contributed by atoms with Crippen LogP contribution >= 0.6 is 11.6 Å². The van der Waals surface area contributed by atoms with Crippen LogP contribution in [0.4, 0.5) is 11.6 Å². The second-order valence-corrected chi connectivity index (χ2v) is 9.60. The lowest BCUT2D eigenvalue weighted by atomic mass is 10.2. The summed E-state index contributed by atoms with van der Waals surface area (Å²) in [4.78, 5) is 42.3. The first kappa shape index (κ1) is 23.1. The zero-order chi connectivity index (χ0) is 25.5. The van der Waals surface area contributed by atoms with Gasteiger partial charge in [-0.05, 0) is 42.5 Å². The van der Waals surface area contributed by atoms with Crippen molar-refractivity contribution in [2.24, 2.45) is 0 Å². The highest BCUT2D eigenvalue weighted by Gasteiger charge is 2.23. The summed E-state index contributed by atoms with van der Waals surface area (Å²) in [6.45, 7) is 1.77. The van der Waals surface area contributed by atoms with Crippen LogP contribution in [0.3, 0.4) is 0 Å². The zero-order valence-corrected chi connectivity index (χ0v) is 20.7. The van der Waals surface area contributed by atoms with Crippen LogP contribution < -0.4 is 10.6 Å². The molecule has 6 rings (SSSR count). The van der Waals surface area contributed by atoms with E-state index in [4.69, 9.17) is 11.6 Å². The monoisotopic (exact) mass is 514 g/mol. The molecule has 0 aliphatic heterocycles. The number of hydrogen-bond acceptors (Lipinski definition) is 7. The van der Waals surface area contributed by atoms with Crippen LogP contribution in [0, 0.1) is 0 Å². The second-order valence-electron chi connectivity index (χ2n) is 9.16. The normalized spacial score (nSPS) is 13.2. The molecule has 11 heteroatoms. The number of anilines is 2. The molecule has 0 radical (unpaired) electrons. The van der Waals surface area contributed by atoms with E-state index in [-0.39, 0.29) is 29.8 Å². The molecular formula is C26H23ClN8O2. The Morgan fingerprint density at radius 2 is 1.89 bits per heavy atom. The molecule has 1 saturated carbocycles. The van der Waals surface area contributed by atoms with Crippen molar-refractivity contribution in [1.29, 1.82) is 0 Å². The summed E-state index contributed by atoms with van der Waals surface area (Å²) in [5.41, 5.74) is 4.35. The van der Waals surface area contributed by atoms with Crippen molar-refractivity contribution < 1.29 is 9.59 Å². The Balaban J connectivity index is 1.17. The van der Waals surface area contributed by atoms with Gasteiger partial charge in [-0.3, -0.25) is 9.59 Å². The summed E-state index contributed by atoms with van der Waals surface area (Å²) >= 11 is 6.09. The van der Waals surface area contributed by atoms with Crippen molar-refractivity contribution in [3.63, 3.8) is 0 Å². The van der Waals surface area contributed by atoms with Crippen LogP contribution in [0.25, 0.3) is 11.2 Å². The van der Waals surface area contributed by atoms with Crippen LogP contribution in [-0.4, -0.2) is 40.4 Å². The molecule has 186 valence electrons. The Kier molecular flexibility index (Phi) is 5.80. The van der Waals surface area contributed by atoms with E-state index in [9.17, 15) is 9.59 Å². The van der Waals surface area contributed by atoms with Gasteiger partial charge in [0.2, 0.25) is 5.91 Å². The fourth-order valence-corrected chi connectivity index (χ4v) is 4.40. The van der Waals surface area contributed by atoms with E-state index in [1.165, 1.54) is 25.3 Å². The van der Waals surface area contributed by atoms with E-state index in [0.717, 1.165) is 16.9 Å².